The number of hydrogen-bond donors (Lipinski definition) is 2. The lowest BCUT2D eigenvalue weighted by atomic mass is 9.69. The zero-order chi connectivity index (χ0) is 14.0. The summed E-state index contributed by atoms with van der Waals surface area (Å²) < 4.78 is 26.7. The van der Waals surface area contributed by atoms with Crippen molar-refractivity contribution in [2.24, 2.45) is 5.41 Å². The molecule has 1 aliphatic carbocycles. The van der Waals surface area contributed by atoms with Crippen LogP contribution in [0.15, 0.2) is 18.2 Å². The van der Waals surface area contributed by atoms with Crippen molar-refractivity contribution >= 4 is 11.9 Å². The molecule has 2 N–H and O–H groups in total. The Morgan fingerprint density at radius 3 is 2.26 bits per heavy atom. The number of carboxylic acid groups (broad SMARTS) is 1. The molecule has 1 aliphatic rings. The first kappa shape index (κ1) is 13.5. The zero-order valence-electron chi connectivity index (χ0n) is 10.1. The molecule has 0 atom stereocenters. The maximum Gasteiger partial charge on any atom is 0.311 e. The van der Waals surface area contributed by atoms with Gasteiger partial charge in [0.25, 0.3) is 5.91 Å². The van der Waals surface area contributed by atoms with E-state index in [-0.39, 0.29) is 6.54 Å². The van der Waals surface area contributed by atoms with Crippen molar-refractivity contribution in [2.75, 3.05) is 6.54 Å². The van der Waals surface area contributed by atoms with Crippen LogP contribution in [0.2, 0.25) is 0 Å². The van der Waals surface area contributed by atoms with E-state index >= 15 is 0 Å². The van der Waals surface area contributed by atoms with Crippen LogP contribution in [0, 0.1) is 17.0 Å². The van der Waals surface area contributed by atoms with Crippen LogP contribution < -0.4 is 5.32 Å². The van der Waals surface area contributed by atoms with Gasteiger partial charge < -0.3 is 10.4 Å². The van der Waals surface area contributed by atoms with Gasteiger partial charge in [0.05, 0.1) is 5.41 Å². The SMILES string of the molecule is O=C(NCC1(C(=O)O)CCC1)c1c(F)cccc1F. The molecule has 0 radical (unpaired) electrons. The highest BCUT2D eigenvalue weighted by Crippen LogP contribution is 2.40. The Morgan fingerprint density at radius 1 is 1.26 bits per heavy atom. The van der Waals surface area contributed by atoms with Gasteiger partial charge in [-0.15, -0.1) is 0 Å². The number of halogens is 2. The molecule has 1 amide bonds. The molecule has 0 heterocycles. The summed E-state index contributed by atoms with van der Waals surface area (Å²) in [6, 6.07) is 3.12. The number of carboxylic acids is 1. The lowest BCUT2D eigenvalue weighted by Crippen LogP contribution is -2.47. The smallest absolute Gasteiger partial charge is 0.311 e. The lowest BCUT2D eigenvalue weighted by Gasteiger charge is -2.37. The fraction of sp³-hybridized carbons (Fsp3) is 0.385. The van der Waals surface area contributed by atoms with E-state index in [2.05, 4.69) is 5.32 Å². The number of carbonyl (C=O) groups is 2. The van der Waals surface area contributed by atoms with Crippen molar-refractivity contribution in [2.45, 2.75) is 19.3 Å². The van der Waals surface area contributed by atoms with Crippen molar-refractivity contribution in [3.05, 3.63) is 35.4 Å². The number of benzene rings is 1. The first-order valence-electron chi connectivity index (χ1n) is 5.92. The summed E-state index contributed by atoms with van der Waals surface area (Å²) in [7, 11) is 0. The van der Waals surface area contributed by atoms with Crippen LogP contribution in [0.25, 0.3) is 0 Å². The first-order valence-corrected chi connectivity index (χ1v) is 5.92. The van der Waals surface area contributed by atoms with Crippen molar-refractivity contribution in [3.63, 3.8) is 0 Å². The minimum atomic E-state index is -0.993. The Balaban J connectivity index is 2.08. The largest absolute Gasteiger partial charge is 0.481 e. The Labute approximate surface area is 108 Å². The highest BCUT2D eigenvalue weighted by atomic mass is 19.1. The first-order chi connectivity index (χ1) is 8.96. The van der Waals surface area contributed by atoms with E-state index in [1.54, 1.807) is 0 Å². The van der Waals surface area contributed by atoms with Crippen molar-refractivity contribution < 1.29 is 23.5 Å². The second-order valence-corrected chi connectivity index (χ2v) is 4.72. The Bertz CT molecular complexity index is 506. The second-order valence-electron chi connectivity index (χ2n) is 4.72. The minimum absolute atomic E-state index is 0.116. The normalized spacial score (nSPS) is 16.5. The van der Waals surface area contributed by atoms with Gasteiger partial charge in [0.15, 0.2) is 0 Å². The maximum atomic E-state index is 13.4. The van der Waals surface area contributed by atoms with Crippen LogP contribution in [-0.4, -0.2) is 23.5 Å². The maximum absolute atomic E-state index is 13.4. The summed E-state index contributed by atoms with van der Waals surface area (Å²) in [5.74, 6) is -3.85. The molecule has 1 aromatic carbocycles. The van der Waals surface area contributed by atoms with E-state index in [1.165, 1.54) is 0 Å². The number of carbonyl (C=O) groups excluding carboxylic acids is 1. The number of aliphatic carboxylic acids is 1. The molecule has 0 unspecified atom stereocenters. The highest BCUT2D eigenvalue weighted by molar-refractivity contribution is 5.95. The molecule has 0 saturated heterocycles. The molecule has 4 nitrogen and oxygen atoms in total. The summed E-state index contributed by atoms with van der Waals surface area (Å²) in [6.45, 7) is -0.116. The van der Waals surface area contributed by atoms with Gasteiger partial charge in [0.1, 0.15) is 17.2 Å². The van der Waals surface area contributed by atoms with Crippen molar-refractivity contribution in [3.8, 4) is 0 Å². The molecule has 1 aromatic rings. The quantitative estimate of drug-likeness (QED) is 0.878. The Hall–Kier alpha value is -1.98. The summed E-state index contributed by atoms with van der Waals surface area (Å²) >= 11 is 0. The predicted molar refractivity (Wildman–Crippen MR) is 62.6 cm³/mol. The standard InChI is InChI=1S/C13H13F2NO3/c14-8-3-1-4-9(15)10(8)11(17)16-7-13(12(18)19)5-2-6-13/h1,3-4H,2,5-7H2,(H,16,17)(H,18,19). The van der Waals surface area contributed by atoms with Gasteiger partial charge in [-0.3, -0.25) is 9.59 Å². The third kappa shape index (κ3) is 2.43. The second kappa shape index (κ2) is 4.95. The van der Waals surface area contributed by atoms with Crippen LogP contribution in [0.1, 0.15) is 29.6 Å². The molecular formula is C13H13F2NO3. The van der Waals surface area contributed by atoms with Crippen LogP contribution in [0.3, 0.4) is 0 Å². The minimum Gasteiger partial charge on any atom is -0.481 e. The van der Waals surface area contributed by atoms with E-state index < -0.39 is 34.5 Å². The fourth-order valence-electron chi connectivity index (χ4n) is 2.12. The molecule has 0 bridgehead atoms. The third-order valence-corrected chi connectivity index (χ3v) is 3.54. The predicted octanol–water partition coefficient (Wildman–Crippen LogP) is 1.95. The number of hydrogen-bond acceptors (Lipinski definition) is 2. The van der Waals surface area contributed by atoms with Gasteiger partial charge in [-0.1, -0.05) is 12.5 Å². The van der Waals surface area contributed by atoms with Gasteiger partial charge in [-0.2, -0.15) is 0 Å². The van der Waals surface area contributed by atoms with Crippen LogP contribution in [0.5, 0.6) is 0 Å². The summed E-state index contributed by atoms with van der Waals surface area (Å²) in [5.41, 5.74) is -1.67. The van der Waals surface area contributed by atoms with E-state index in [9.17, 15) is 18.4 Å². The molecule has 0 aromatic heterocycles. The zero-order valence-corrected chi connectivity index (χ0v) is 10.1. The highest BCUT2D eigenvalue weighted by Gasteiger charge is 2.44. The Kier molecular flexibility index (Phi) is 3.50. The van der Waals surface area contributed by atoms with E-state index in [0.717, 1.165) is 24.6 Å². The lowest BCUT2D eigenvalue weighted by molar-refractivity contribution is -0.153. The molecule has 102 valence electrons. The topological polar surface area (TPSA) is 66.4 Å². The Morgan fingerprint density at radius 2 is 1.84 bits per heavy atom. The molecule has 1 saturated carbocycles. The van der Waals surface area contributed by atoms with Crippen LogP contribution in [0.4, 0.5) is 8.78 Å². The van der Waals surface area contributed by atoms with E-state index in [0.29, 0.717) is 12.8 Å². The monoisotopic (exact) mass is 269 g/mol. The van der Waals surface area contributed by atoms with Gasteiger partial charge in [-0.25, -0.2) is 8.78 Å². The molecular weight excluding hydrogens is 256 g/mol. The summed E-state index contributed by atoms with van der Waals surface area (Å²) in [4.78, 5) is 22.8. The average molecular weight is 269 g/mol. The fourth-order valence-corrected chi connectivity index (χ4v) is 2.12. The molecule has 0 aliphatic heterocycles. The van der Waals surface area contributed by atoms with E-state index in [1.807, 2.05) is 0 Å². The molecule has 6 heteroatoms. The molecule has 0 spiro atoms. The van der Waals surface area contributed by atoms with Crippen molar-refractivity contribution in [1.82, 2.24) is 5.32 Å². The average Bonchev–Trinajstić information content (AvgIpc) is 2.26. The van der Waals surface area contributed by atoms with Gasteiger partial charge in [-0.05, 0) is 25.0 Å². The number of nitrogens with one attached hydrogen (secondary N) is 1. The molecule has 1 fully saturated rings. The van der Waals surface area contributed by atoms with Crippen LogP contribution >= 0.6 is 0 Å². The van der Waals surface area contributed by atoms with Gasteiger partial charge in [0.2, 0.25) is 0 Å². The van der Waals surface area contributed by atoms with Gasteiger partial charge in [0, 0.05) is 6.54 Å². The molecule has 2 rings (SSSR count). The summed E-state index contributed by atoms with van der Waals surface area (Å²) in [6.07, 6.45) is 1.70. The number of amides is 1. The summed E-state index contributed by atoms with van der Waals surface area (Å²) in [5, 5.41) is 11.4. The molecule has 19 heavy (non-hydrogen) atoms. The van der Waals surface area contributed by atoms with Gasteiger partial charge >= 0.3 is 5.97 Å². The van der Waals surface area contributed by atoms with E-state index in [4.69, 9.17) is 5.11 Å². The number of rotatable bonds is 4. The third-order valence-electron chi connectivity index (χ3n) is 3.54. The van der Waals surface area contributed by atoms with Crippen LogP contribution in [-0.2, 0) is 4.79 Å². The van der Waals surface area contributed by atoms with Crippen molar-refractivity contribution in [1.29, 1.82) is 0 Å².